The van der Waals surface area contributed by atoms with Gasteiger partial charge in [-0.25, -0.2) is 0 Å². The number of methoxy groups -OCH3 is 1. The first-order chi connectivity index (χ1) is 10.6. The molecule has 0 saturated carbocycles. The molecule has 0 aromatic heterocycles. The normalized spacial score (nSPS) is 21.2. The van der Waals surface area contributed by atoms with Crippen LogP contribution in [0.4, 0.5) is 0 Å². The third-order valence-electron chi connectivity index (χ3n) is 4.05. The molecule has 0 spiro atoms. The number of ether oxygens (including phenoxy) is 3. The first-order valence-corrected chi connectivity index (χ1v) is 7.76. The van der Waals surface area contributed by atoms with E-state index in [1.165, 1.54) is 0 Å². The monoisotopic (exact) mass is 307 g/mol. The number of rotatable bonds is 6. The second-order valence-electron chi connectivity index (χ2n) is 5.58. The molecular formula is C17H25NO4. The summed E-state index contributed by atoms with van der Waals surface area (Å²) in [6.07, 6.45) is 1.85. The van der Waals surface area contributed by atoms with Crippen molar-refractivity contribution in [1.29, 1.82) is 0 Å². The minimum Gasteiger partial charge on any atom is -0.493 e. The number of benzene rings is 1. The molecule has 1 aromatic rings. The van der Waals surface area contributed by atoms with E-state index in [-0.39, 0.29) is 17.9 Å². The van der Waals surface area contributed by atoms with Crippen molar-refractivity contribution >= 4 is 5.91 Å². The molecule has 1 amide bonds. The molecule has 2 unspecified atom stereocenters. The minimum absolute atomic E-state index is 0.00108. The quantitative estimate of drug-likeness (QED) is 0.809. The van der Waals surface area contributed by atoms with Crippen LogP contribution in [0.15, 0.2) is 24.3 Å². The highest BCUT2D eigenvalue weighted by Crippen LogP contribution is 2.26. The molecule has 1 aliphatic heterocycles. The highest BCUT2D eigenvalue weighted by molar-refractivity contribution is 5.79. The molecule has 1 aromatic carbocycles. The maximum absolute atomic E-state index is 12.4. The van der Waals surface area contributed by atoms with E-state index in [4.69, 9.17) is 14.2 Å². The van der Waals surface area contributed by atoms with Gasteiger partial charge in [0.2, 0.25) is 5.91 Å². The Balaban J connectivity index is 1.82. The number of amides is 1. The van der Waals surface area contributed by atoms with Gasteiger partial charge in [0.15, 0.2) is 11.5 Å². The molecule has 1 fully saturated rings. The molecule has 2 rings (SSSR count). The fraction of sp³-hybridized carbons (Fsp3) is 0.588. The topological polar surface area (TPSA) is 48.0 Å². The van der Waals surface area contributed by atoms with Crippen molar-refractivity contribution in [3.8, 4) is 11.5 Å². The number of carbonyl (C=O) groups is 1. The fourth-order valence-electron chi connectivity index (χ4n) is 2.67. The lowest BCUT2D eigenvalue weighted by molar-refractivity contribution is -0.143. The van der Waals surface area contributed by atoms with Gasteiger partial charge in [-0.1, -0.05) is 12.1 Å². The highest BCUT2D eigenvalue weighted by atomic mass is 16.5. The molecule has 5 nitrogen and oxygen atoms in total. The van der Waals surface area contributed by atoms with Crippen molar-refractivity contribution in [1.82, 2.24) is 4.90 Å². The molecule has 0 N–H and O–H groups in total. The molecule has 0 bridgehead atoms. The van der Waals surface area contributed by atoms with Crippen LogP contribution in [0.3, 0.4) is 0 Å². The van der Waals surface area contributed by atoms with Crippen molar-refractivity contribution in [2.75, 3.05) is 33.9 Å². The van der Waals surface area contributed by atoms with E-state index in [0.29, 0.717) is 24.7 Å². The summed E-state index contributed by atoms with van der Waals surface area (Å²) in [4.78, 5) is 14.2. The summed E-state index contributed by atoms with van der Waals surface area (Å²) >= 11 is 0. The largest absolute Gasteiger partial charge is 0.493 e. The van der Waals surface area contributed by atoms with Gasteiger partial charge in [-0.05, 0) is 31.9 Å². The second kappa shape index (κ2) is 8.03. The summed E-state index contributed by atoms with van der Waals surface area (Å²) in [6, 6.07) is 7.50. The Hall–Kier alpha value is -1.75. The van der Waals surface area contributed by atoms with Gasteiger partial charge in [0, 0.05) is 13.7 Å². The van der Waals surface area contributed by atoms with Gasteiger partial charge >= 0.3 is 0 Å². The van der Waals surface area contributed by atoms with Crippen LogP contribution in [-0.2, 0) is 9.53 Å². The summed E-state index contributed by atoms with van der Waals surface area (Å²) in [5.74, 6) is 1.49. The average molecular weight is 307 g/mol. The summed E-state index contributed by atoms with van der Waals surface area (Å²) < 4.78 is 16.5. The number of para-hydroxylation sites is 2. The molecule has 0 aliphatic carbocycles. The zero-order chi connectivity index (χ0) is 15.9. The Labute approximate surface area is 132 Å². The molecule has 1 heterocycles. The van der Waals surface area contributed by atoms with Gasteiger partial charge in [0.25, 0.3) is 0 Å². The smallest absolute Gasteiger partial charge is 0.228 e. The molecule has 1 saturated heterocycles. The Morgan fingerprint density at radius 2 is 2.09 bits per heavy atom. The van der Waals surface area contributed by atoms with Crippen LogP contribution in [0, 0.1) is 5.92 Å². The SMILES string of the molecule is COc1ccccc1OCCN(C)C(=O)C1CCCOC1C. The average Bonchev–Trinajstić information content (AvgIpc) is 2.55. The van der Waals surface area contributed by atoms with Gasteiger partial charge in [-0.15, -0.1) is 0 Å². The van der Waals surface area contributed by atoms with Crippen molar-refractivity contribution in [3.63, 3.8) is 0 Å². The number of hydrogen-bond acceptors (Lipinski definition) is 4. The first-order valence-electron chi connectivity index (χ1n) is 7.76. The Kier molecular flexibility index (Phi) is 6.07. The van der Waals surface area contributed by atoms with E-state index >= 15 is 0 Å². The van der Waals surface area contributed by atoms with E-state index in [1.807, 2.05) is 38.2 Å². The third kappa shape index (κ3) is 4.13. The van der Waals surface area contributed by atoms with Crippen LogP contribution >= 0.6 is 0 Å². The van der Waals surface area contributed by atoms with Gasteiger partial charge < -0.3 is 19.1 Å². The van der Waals surface area contributed by atoms with E-state index in [2.05, 4.69) is 0 Å². The number of nitrogens with zero attached hydrogens (tertiary/aromatic N) is 1. The molecule has 0 radical (unpaired) electrons. The highest BCUT2D eigenvalue weighted by Gasteiger charge is 2.30. The predicted molar refractivity (Wildman–Crippen MR) is 84.3 cm³/mol. The zero-order valence-electron chi connectivity index (χ0n) is 13.6. The van der Waals surface area contributed by atoms with Crippen LogP contribution in [0.2, 0.25) is 0 Å². The molecule has 5 heteroatoms. The van der Waals surface area contributed by atoms with E-state index in [9.17, 15) is 4.79 Å². The Morgan fingerprint density at radius 3 is 2.77 bits per heavy atom. The van der Waals surface area contributed by atoms with Gasteiger partial charge in [0.05, 0.1) is 25.7 Å². The lowest BCUT2D eigenvalue weighted by Gasteiger charge is -2.31. The van der Waals surface area contributed by atoms with Gasteiger partial charge in [-0.2, -0.15) is 0 Å². The first kappa shape index (κ1) is 16.6. The van der Waals surface area contributed by atoms with Crippen LogP contribution in [0.25, 0.3) is 0 Å². The lowest BCUT2D eigenvalue weighted by atomic mass is 9.94. The second-order valence-corrected chi connectivity index (χ2v) is 5.58. The Bertz CT molecular complexity index is 491. The third-order valence-corrected chi connectivity index (χ3v) is 4.05. The molecule has 122 valence electrons. The van der Waals surface area contributed by atoms with Crippen molar-refractivity contribution in [3.05, 3.63) is 24.3 Å². The van der Waals surface area contributed by atoms with E-state index in [1.54, 1.807) is 12.0 Å². The molecule has 22 heavy (non-hydrogen) atoms. The minimum atomic E-state index is -0.0370. The summed E-state index contributed by atoms with van der Waals surface area (Å²) in [6.45, 7) is 3.71. The van der Waals surface area contributed by atoms with E-state index in [0.717, 1.165) is 19.4 Å². The zero-order valence-corrected chi connectivity index (χ0v) is 13.6. The maximum atomic E-state index is 12.4. The van der Waals surface area contributed by atoms with Crippen LogP contribution in [-0.4, -0.2) is 50.8 Å². The maximum Gasteiger partial charge on any atom is 0.228 e. The van der Waals surface area contributed by atoms with Crippen molar-refractivity contribution in [2.45, 2.75) is 25.9 Å². The fourth-order valence-corrected chi connectivity index (χ4v) is 2.67. The molecular weight excluding hydrogens is 282 g/mol. The van der Waals surface area contributed by atoms with Crippen LogP contribution in [0.1, 0.15) is 19.8 Å². The van der Waals surface area contributed by atoms with Crippen molar-refractivity contribution in [2.24, 2.45) is 5.92 Å². The molecule has 1 aliphatic rings. The lowest BCUT2D eigenvalue weighted by Crippen LogP contribution is -2.42. The summed E-state index contributed by atoms with van der Waals surface area (Å²) in [5, 5.41) is 0. The number of hydrogen-bond donors (Lipinski definition) is 0. The predicted octanol–water partition coefficient (Wildman–Crippen LogP) is 2.35. The summed E-state index contributed by atoms with van der Waals surface area (Å²) in [7, 11) is 3.43. The van der Waals surface area contributed by atoms with Gasteiger partial charge in [-0.3, -0.25) is 4.79 Å². The van der Waals surface area contributed by atoms with Crippen molar-refractivity contribution < 1.29 is 19.0 Å². The van der Waals surface area contributed by atoms with Crippen LogP contribution < -0.4 is 9.47 Å². The molecule has 2 atom stereocenters. The number of likely N-dealkylation sites (N-methyl/N-ethyl adjacent to an activating group) is 1. The number of carbonyl (C=O) groups excluding carboxylic acids is 1. The van der Waals surface area contributed by atoms with E-state index < -0.39 is 0 Å². The summed E-state index contributed by atoms with van der Waals surface area (Å²) in [5.41, 5.74) is 0. The van der Waals surface area contributed by atoms with Gasteiger partial charge in [0.1, 0.15) is 6.61 Å². The standard InChI is InChI=1S/C17H25NO4/c1-13-14(7-6-11-21-13)17(19)18(2)10-12-22-16-9-5-4-8-15(16)20-3/h4-5,8-9,13-14H,6-7,10-12H2,1-3H3. The Morgan fingerprint density at radius 1 is 1.36 bits per heavy atom. The van der Waals surface area contributed by atoms with Crippen LogP contribution in [0.5, 0.6) is 11.5 Å².